The van der Waals surface area contributed by atoms with Crippen LogP contribution < -0.4 is 5.32 Å². The second-order valence-corrected chi connectivity index (χ2v) is 6.72. The van der Waals surface area contributed by atoms with Crippen molar-refractivity contribution in [1.29, 1.82) is 5.26 Å². The molecule has 2 aromatic carbocycles. The van der Waals surface area contributed by atoms with Gasteiger partial charge in [0.05, 0.1) is 22.2 Å². The van der Waals surface area contributed by atoms with E-state index in [1.165, 1.54) is 28.2 Å². The lowest BCUT2D eigenvalue weighted by Gasteiger charge is -2.04. The number of benzene rings is 2. The third kappa shape index (κ3) is 3.51. The molecule has 0 saturated heterocycles. The van der Waals surface area contributed by atoms with Gasteiger partial charge in [0.1, 0.15) is 5.82 Å². The van der Waals surface area contributed by atoms with Gasteiger partial charge in [-0.3, -0.25) is 4.79 Å². The molecule has 28 heavy (non-hydrogen) atoms. The fourth-order valence-electron chi connectivity index (χ4n) is 2.55. The van der Waals surface area contributed by atoms with Crippen LogP contribution in [0.4, 0.5) is 10.1 Å². The number of nitriles is 1. The summed E-state index contributed by atoms with van der Waals surface area (Å²) in [6.45, 7) is 0. The summed E-state index contributed by atoms with van der Waals surface area (Å²) in [5.41, 5.74) is 1.62. The first-order valence-electron chi connectivity index (χ1n) is 8.22. The van der Waals surface area contributed by atoms with Crippen LogP contribution in [0.1, 0.15) is 16.2 Å². The number of carbonyl (C=O) groups excluding carboxylic acids is 1. The van der Waals surface area contributed by atoms with Crippen molar-refractivity contribution < 1.29 is 9.18 Å². The minimum Gasteiger partial charge on any atom is -0.319 e. The number of amides is 1. The molecule has 0 aliphatic carbocycles. The Morgan fingerprint density at radius 2 is 1.86 bits per heavy atom. The van der Waals surface area contributed by atoms with Gasteiger partial charge in [0.15, 0.2) is 5.82 Å². The molecule has 0 saturated carbocycles. The van der Waals surface area contributed by atoms with E-state index < -0.39 is 5.91 Å². The summed E-state index contributed by atoms with van der Waals surface area (Å²) in [6, 6.07) is 18.0. The Balaban J connectivity index is 1.69. The summed E-state index contributed by atoms with van der Waals surface area (Å²) < 4.78 is 14.8. The van der Waals surface area contributed by atoms with Crippen molar-refractivity contribution in [2.75, 3.05) is 5.32 Å². The molecule has 0 aliphatic heterocycles. The average molecular weight is 389 g/mol. The summed E-state index contributed by atoms with van der Waals surface area (Å²) in [6.07, 6.45) is 0. The van der Waals surface area contributed by atoms with Gasteiger partial charge in [0.25, 0.3) is 5.91 Å². The van der Waals surface area contributed by atoms with Gasteiger partial charge in [-0.05, 0) is 60.0 Å². The molecule has 0 radical (unpaired) electrons. The Morgan fingerprint density at radius 1 is 1.11 bits per heavy atom. The smallest absolute Gasteiger partial charge is 0.295 e. The van der Waals surface area contributed by atoms with Crippen LogP contribution in [0.25, 0.3) is 16.4 Å². The molecule has 1 N–H and O–H groups in total. The van der Waals surface area contributed by atoms with Crippen molar-refractivity contribution >= 4 is 22.9 Å². The van der Waals surface area contributed by atoms with E-state index in [1.54, 1.807) is 36.4 Å². The summed E-state index contributed by atoms with van der Waals surface area (Å²) in [5.74, 6) is -0.368. The van der Waals surface area contributed by atoms with Crippen LogP contribution >= 0.6 is 11.3 Å². The van der Waals surface area contributed by atoms with Gasteiger partial charge in [-0.25, -0.2) is 14.1 Å². The Labute approximate surface area is 163 Å². The van der Waals surface area contributed by atoms with Crippen molar-refractivity contribution in [3.63, 3.8) is 0 Å². The molecule has 1 amide bonds. The maximum atomic E-state index is 13.3. The molecule has 2 aromatic heterocycles. The number of nitrogens with one attached hydrogen (secondary N) is 1. The molecular formula is C20H12FN5OS. The fourth-order valence-corrected chi connectivity index (χ4v) is 3.25. The highest BCUT2D eigenvalue weighted by Gasteiger charge is 2.19. The zero-order chi connectivity index (χ0) is 19.5. The van der Waals surface area contributed by atoms with E-state index in [1.807, 2.05) is 23.6 Å². The Bertz CT molecular complexity index is 1160. The molecule has 8 heteroatoms. The number of rotatable bonds is 4. The van der Waals surface area contributed by atoms with E-state index in [-0.39, 0.29) is 11.6 Å². The van der Waals surface area contributed by atoms with Crippen LogP contribution in [0, 0.1) is 17.1 Å². The third-order valence-corrected chi connectivity index (χ3v) is 4.76. The highest BCUT2D eigenvalue weighted by atomic mass is 32.1. The maximum Gasteiger partial charge on any atom is 0.295 e. The molecule has 4 aromatic rings. The van der Waals surface area contributed by atoms with E-state index in [2.05, 4.69) is 15.4 Å². The average Bonchev–Trinajstić information content (AvgIpc) is 3.39. The second-order valence-electron chi connectivity index (χ2n) is 5.77. The maximum absolute atomic E-state index is 13.3. The van der Waals surface area contributed by atoms with E-state index in [9.17, 15) is 9.18 Å². The molecule has 0 unspecified atom stereocenters. The second kappa shape index (κ2) is 7.42. The highest BCUT2D eigenvalue weighted by molar-refractivity contribution is 7.13. The van der Waals surface area contributed by atoms with Crippen molar-refractivity contribution in [1.82, 2.24) is 14.8 Å². The number of hydrogen-bond acceptors (Lipinski definition) is 5. The van der Waals surface area contributed by atoms with Gasteiger partial charge >= 0.3 is 0 Å². The molecule has 2 heterocycles. The minimum atomic E-state index is -0.483. The zero-order valence-corrected chi connectivity index (χ0v) is 15.2. The Morgan fingerprint density at radius 3 is 2.50 bits per heavy atom. The van der Waals surface area contributed by atoms with Gasteiger partial charge < -0.3 is 5.32 Å². The number of hydrogen-bond donors (Lipinski definition) is 1. The summed E-state index contributed by atoms with van der Waals surface area (Å²) >= 11 is 1.46. The van der Waals surface area contributed by atoms with Crippen LogP contribution in [0.3, 0.4) is 0 Å². The number of nitrogens with zero attached hydrogens (tertiary/aromatic N) is 4. The number of aromatic nitrogens is 3. The molecule has 4 rings (SSSR count). The van der Waals surface area contributed by atoms with Crippen LogP contribution in [0.15, 0.2) is 66.0 Å². The van der Waals surface area contributed by atoms with Crippen LogP contribution in [-0.4, -0.2) is 20.7 Å². The van der Waals surface area contributed by atoms with E-state index in [0.29, 0.717) is 22.8 Å². The SMILES string of the molecule is N#Cc1ccc(NC(=O)c2nc(-c3cccs3)n(-c3ccc(F)cc3)n2)cc1. The quantitative estimate of drug-likeness (QED) is 0.565. The largest absolute Gasteiger partial charge is 0.319 e. The summed E-state index contributed by atoms with van der Waals surface area (Å²) in [4.78, 5) is 17.8. The minimum absolute atomic E-state index is 0.0166. The van der Waals surface area contributed by atoms with E-state index in [0.717, 1.165) is 4.88 Å². The number of halogens is 1. The lowest BCUT2D eigenvalue weighted by Crippen LogP contribution is -2.14. The summed E-state index contributed by atoms with van der Waals surface area (Å²) in [5, 5.41) is 17.8. The highest BCUT2D eigenvalue weighted by Crippen LogP contribution is 2.26. The normalized spacial score (nSPS) is 10.4. The molecule has 0 spiro atoms. The van der Waals surface area contributed by atoms with Crippen LogP contribution in [0.5, 0.6) is 0 Å². The molecule has 0 bridgehead atoms. The summed E-state index contributed by atoms with van der Waals surface area (Å²) in [7, 11) is 0. The lowest BCUT2D eigenvalue weighted by atomic mass is 10.2. The molecule has 0 atom stereocenters. The number of anilines is 1. The number of carbonyl (C=O) groups is 1. The number of thiophene rings is 1. The fraction of sp³-hybridized carbons (Fsp3) is 0. The van der Waals surface area contributed by atoms with Gasteiger partial charge in [-0.15, -0.1) is 16.4 Å². The van der Waals surface area contributed by atoms with Gasteiger partial charge in [-0.1, -0.05) is 6.07 Å². The molecule has 0 aliphatic rings. The first kappa shape index (κ1) is 17.6. The van der Waals surface area contributed by atoms with Crippen molar-refractivity contribution in [3.8, 4) is 22.5 Å². The van der Waals surface area contributed by atoms with Crippen molar-refractivity contribution in [2.45, 2.75) is 0 Å². The lowest BCUT2D eigenvalue weighted by molar-refractivity contribution is 0.101. The topological polar surface area (TPSA) is 83.6 Å². The monoisotopic (exact) mass is 389 g/mol. The Kier molecular flexibility index (Phi) is 4.66. The first-order valence-corrected chi connectivity index (χ1v) is 9.10. The Hall–Kier alpha value is -3.83. The molecule has 0 fully saturated rings. The molecular weight excluding hydrogens is 377 g/mol. The van der Waals surface area contributed by atoms with Crippen molar-refractivity contribution in [3.05, 3.63) is 83.2 Å². The zero-order valence-electron chi connectivity index (χ0n) is 14.3. The van der Waals surface area contributed by atoms with Crippen LogP contribution in [0.2, 0.25) is 0 Å². The van der Waals surface area contributed by atoms with E-state index in [4.69, 9.17) is 5.26 Å². The van der Waals surface area contributed by atoms with Gasteiger partial charge in [-0.2, -0.15) is 5.26 Å². The van der Waals surface area contributed by atoms with Gasteiger partial charge in [0, 0.05) is 5.69 Å². The van der Waals surface area contributed by atoms with Crippen LogP contribution in [-0.2, 0) is 0 Å². The predicted octanol–water partition coefficient (Wildman–Crippen LogP) is 4.26. The van der Waals surface area contributed by atoms with Crippen molar-refractivity contribution in [2.24, 2.45) is 0 Å². The molecule has 136 valence electrons. The van der Waals surface area contributed by atoms with E-state index >= 15 is 0 Å². The van der Waals surface area contributed by atoms with Gasteiger partial charge in [0.2, 0.25) is 5.82 Å². The standard InChI is InChI=1S/C20H12FN5OS/c21-14-5-9-16(10-6-14)26-19(17-2-1-11-28-17)24-18(25-26)20(27)23-15-7-3-13(12-22)4-8-15/h1-11H,(H,23,27). The predicted molar refractivity (Wildman–Crippen MR) is 104 cm³/mol. The molecule has 6 nitrogen and oxygen atoms in total. The first-order chi connectivity index (χ1) is 13.6. The third-order valence-electron chi connectivity index (χ3n) is 3.89.